The second-order valence-corrected chi connectivity index (χ2v) is 7.37. The molecule has 1 aromatic rings. The Morgan fingerprint density at radius 3 is 2.33 bits per heavy atom. The Labute approximate surface area is 152 Å². The van der Waals surface area contributed by atoms with E-state index in [1.807, 2.05) is 43.0 Å². The predicted octanol–water partition coefficient (Wildman–Crippen LogP) is 3.41. The molecular weight excluding hydrogens is 324 g/mol. The molecule has 0 saturated carbocycles. The number of hydrogen-bond donors (Lipinski definition) is 1. The summed E-state index contributed by atoms with van der Waals surface area (Å²) in [5.41, 5.74) is 7.21. The summed E-state index contributed by atoms with van der Waals surface area (Å²) in [7, 11) is 0. The number of hydrogen-bond acceptors (Lipinski definition) is 3. The molecule has 1 atom stereocenters. The molecule has 1 aromatic carbocycles. The van der Waals surface area contributed by atoms with Crippen LogP contribution in [0.1, 0.15) is 39.2 Å². The maximum Gasteiger partial charge on any atom is 0.263 e. The third-order valence-corrected chi connectivity index (χ3v) is 5.12. The minimum atomic E-state index is -0.447. The van der Waals surface area contributed by atoms with Crippen molar-refractivity contribution >= 4 is 18.3 Å². The molecule has 0 aliphatic carbocycles. The van der Waals surface area contributed by atoms with Crippen LogP contribution in [0.2, 0.25) is 0 Å². The highest BCUT2D eigenvalue weighted by Crippen LogP contribution is 2.34. The highest BCUT2D eigenvalue weighted by atomic mass is 35.5. The number of piperidine rings is 1. The lowest BCUT2D eigenvalue weighted by Crippen LogP contribution is -2.47. The van der Waals surface area contributed by atoms with Crippen molar-refractivity contribution in [1.82, 2.24) is 4.90 Å². The number of nitrogens with zero attached hydrogens (tertiary/aromatic N) is 1. The van der Waals surface area contributed by atoms with E-state index in [0.717, 1.165) is 31.7 Å². The van der Waals surface area contributed by atoms with Gasteiger partial charge in [-0.2, -0.15) is 0 Å². The van der Waals surface area contributed by atoms with E-state index in [9.17, 15) is 4.79 Å². The normalized spacial score (nSPS) is 17.1. The van der Waals surface area contributed by atoms with Crippen molar-refractivity contribution in [3.8, 4) is 5.75 Å². The Kier molecular flexibility index (Phi) is 7.56. The van der Waals surface area contributed by atoms with Crippen LogP contribution in [-0.2, 0) is 4.79 Å². The summed E-state index contributed by atoms with van der Waals surface area (Å²) in [6.07, 6.45) is 1.59. The fourth-order valence-electron chi connectivity index (χ4n) is 3.18. The number of benzene rings is 1. The van der Waals surface area contributed by atoms with Crippen LogP contribution in [0.3, 0.4) is 0 Å². The summed E-state index contributed by atoms with van der Waals surface area (Å²) < 4.78 is 5.79. The molecule has 24 heavy (non-hydrogen) atoms. The third kappa shape index (κ3) is 5.12. The Balaban J connectivity index is 0.00000288. The average molecular weight is 355 g/mol. The highest BCUT2D eigenvalue weighted by Gasteiger charge is 2.34. The number of carbonyl (C=O) groups is 1. The molecule has 0 bridgehead atoms. The van der Waals surface area contributed by atoms with Gasteiger partial charge in [-0.3, -0.25) is 4.79 Å². The standard InChI is InChI=1S/C19H30N2O2.ClH/c1-14-5-7-17(8-6-14)23-15(2)18(22)21-11-9-16(10-12-21)19(3,4)13-20;/h5-8,15-16H,9-13,20H2,1-4H3;1H. The van der Waals surface area contributed by atoms with Gasteiger partial charge in [-0.1, -0.05) is 31.5 Å². The molecule has 4 nitrogen and oxygen atoms in total. The highest BCUT2D eigenvalue weighted by molar-refractivity contribution is 5.85. The van der Waals surface area contributed by atoms with Gasteiger partial charge in [-0.05, 0) is 56.7 Å². The van der Waals surface area contributed by atoms with Crippen molar-refractivity contribution in [1.29, 1.82) is 0 Å². The Morgan fingerprint density at radius 1 is 1.29 bits per heavy atom. The third-order valence-electron chi connectivity index (χ3n) is 5.12. The molecule has 1 fully saturated rings. The maximum absolute atomic E-state index is 12.6. The van der Waals surface area contributed by atoms with E-state index in [1.165, 1.54) is 5.56 Å². The number of carbonyl (C=O) groups excluding carboxylic acids is 1. The van der Waals surface area contributed by atoms with Crippen LogP contribution >= 0.6 is 12.4 Å². The van der Waals surface area contributed by atoms with Gasteiger partial charge in [0.15, 0.2) is 6.10 Å². The van der Waals surface area contributed by atoms with Crippen LogP contribution in [0.15, 0.2) is 24.3 Å². The van der Waals surface area contributed by atoms with Gasteiger partial charge >= 0.3 is 0 Å². The quantitative estimate of drug-likeness (QED) is 0.881. The lowest BCUT2D eigenvalue weighted by atomic mass is 9.74. The molecular formula is C19H31ClN2O2. The predicted molar refractivity (Wildman–Crippen MR) is 101 cm³/mol. The molecule has 1 amide bonds. The van der Waals surface area contributed by atoms with E-state index in [0.29, 0.717) is 12.5 Å². The second kappa shape index (κ2) is 8.72. The van der Waals surface area contributed by atoms with Gasteiger partial charge in [0.25, 0.3) is 5.91 Å². The first-order valence-electron chi connectivity index (χ1n) is 8.55. The van der Waals surface area contributed by atoms with Crippen LogP contribution in [0, 0.1) is 18.3 Å². The van der Waals surface area contributed by atoms with Crippen LogP contribution in [0.4, 0.5) is 0 Å². The molecule has 1 saturated heterocycles. The first-order valence-corrected chi connectivity index (χ1v) is 8.55. The van der Waals surface area contributed by atoms with Crippen LogP contribution in [-0.4, -0.2) is 36.5 Å². The molecule has 0 aromatic heterocycles. The molecule has 2 N–H and O–H groups in total. The van der Waals surface area contributed by atoms with E-state index in [-0.39, 0.29) is 23.7 Å². The summed E-state index contributed by atoms with van der Waals surface area (Å²) in [6.45, 7) is 10.6. The molecule has 136 valence electrons. The molecule has 1 aliphatic heterocycles. The second-order valence-electron chi connectivity index (χ2n) is 7.37. The zero-order valence-corrected chi connectivity index (χ0v) is 16.1. The van der Waals surface area contributed by atoms with Crippen molar-refractivity contribution in [2.45, 2.75) is 46.6 Å². The van der Waals surface area contributed by atoms with E-state index in [2.05, 4.69) is 13.8 Å². The number of rotatable bonds is 5. The van der Waals surface area contributed by atoms with Gasteiger partial charge in [0.2, 0.25) is 0 Å². The van der Waals surface area contributed by atoms with E-state index >= 15 is 0 Å². The first-order chi connectivity index (χ1) is 10.8. The monoisotopic (exact) mass is 354 g/mol. The molecule has 5 heteroatoms. The minimum Gasteiger partial charge on any atom is -0.481 e. The van der Waals surface area contributed by atoms with E-state index < -0.39 is 6.10 Å². The first kappa shape index (κ1) is 20.8. The molecule has 1 heterocycles. The molecule has 0 spiro atoms. The van der Waals surface area contributed by atoms with Crippen LogP contribution in [0.25, 0.3) is 0 Å². The van der Waals surface area contributed by atoms with Gasteiger partial charge in [0, 0.05) is 13.1 Å². The van der Waals surface area contributed by atoms with Crippen molar-refractivity contribution in [3.05, 3.63) is 29.8 Å². The van der Waals surface area contributed by atoms with E-state index in [1.54, 1.807) is 0 Å². The van der Waals surface area contributed by atoms with Gasteiger partial charge in [0.05, 0.1) is 0 Å². The Hall–Kier alpha value is -1.26. The lowest BCUT2D eigenvalue weighted by Gasteiger charge is -2.40. The fraction of sp³-hybridized carbons (Fsp3) is 0.632. The summed E-state index contributed by atoms with van der Waals surface area (Å²) >= 11 is 0. The number of amides is 1. The summed E-state index contributed by atoms with van der Waals surface area (Å²) in [6, 6.07) is 7.81. The smallest absolute Gasteiger partial charge is 0.263 e. The average Bonchev–Trinajstić information content (AvgIpc) is 2.56. The summed E-state index contributed by atoms with van der Waals surface area (Å²) in [5.74, 6) is 1.41. The lowest BCUT2D eigenvalue weighted by molar-refractivity contribution is -0.139. The number of likely N-dealkylation sites (tertiary alicyclic amines) is 1. The van der Waals surface area contributed by atoms with Crippen molar-refractivity contribution < 1.29 is 9.53 Å². The van der Waals surface area contributed by atoms with Gasteiger partial charge in [0.1, 0.15) is 5.75 Å². The Bertz CT molecular complexity index is 523. The summed E-state index contributed by atoms with van der Waals surface area (Å²) in [4.78, 5) is 14.5. The van der Waals surface area contributed by atoms with Crippen molar-refractivity contribution in [3.63, 3.8) is 0 Å². The zero-order valence-electron chi connectivity index (χ0n) is 15.2. The van der Waals surface area contributed by atoms with E-state index in [4.69, 9.17) is 10.5 Å². The summed E-state index contributed by atoms with van der Waals surface area (Å²) in [5, 5.41) is 0. The molecule has 1 unspecified atom stereocenters. The van der Waals surface area contributed by atoms with Crippen molar-refractivity contribution in [2.24, 2.45) is 17.1 Å². The van der Waals surface area contributed by atoms with Gasteiger partial charge in [-0.15, -0.1) is 12.4 Å². The van der Waals surface area contributed by atoms with Gasteiger partial charge < -0.3 is 15.4 Å². The van der Waals surface area contributed by atoms with Crippen LogP contribution < -0.4 is 10.5 Å². The molecule has 0 radical (unpaired) electrons. The van der Waals surface area contributed by atoms with Crippen LogP contribution in [0.5, 0.6) is 5.75 Å². The number of ether oxygens (including phenoxy) is 1. The zero-order chi connectivity index (χ0) is 17.0. The Morgan fingerprint density at radius 2 is 1.83 bits per heavy atom. The fourth-order valence-corrected chi connectivity index (χ4v) is 3.18. The molecule has 1 aliphatic rings. The molecule has 2 rings (SSSR count). The topological polar surface area (TPSA) is 55.6 Å². The number of halogens is 1. The number of aryl methyl sites for hydroxylation is 1. The minimum absolute atomic E-state index is 0. The largest absolute Gasteiger partial charge is 0.481 e. The SMILES string of the molecule is Cc1ccc(OC(C)C(=O)N2CCC(C(C)(C)CN)CC2)cc1.Cl. The number of nitrogens with two attached hydrogens (primary N) is 1. The van der Waals surface area contributed by atoms with Crippen molar-refractivity contribution in [2.75, 3.05) is 19.6 Å². The maximum atomic E-state index is 12.6. The van der Waals surface area contributed by atoms with Gasteiger partial charge in [-0.25, -0.2) is 0 Å².